The Bertz CT molecular complexity index is 701. The Morgan fingerprint density at radius 1 is 1.03 bits per heavy atom. The second kappa shape index (κ2) is 13.6. The molecule has 1 aliphatic rings. The van der Waals surface area contributed by atoms with E-state index in [2.05, 4.69) is 57.7 Å². The fourth-order valence-electron chi connectivity index (χ4n) is 3.59. The summed E-state index contributed by atoms with van der Waals surface area (Å²) >= 11 is 0. The van der Waals surface area contributed by atoms with Gasteiger partial charge in [-0.25, -0.2) is 0 Å². The predicted octanol–water partition coefficient (Wildman–Crippen LogP) is 3.66. The number of hydrogen-bond acceptors (Lipinski definition) is 5. The largest absolute Gasteiger partial charge is 0.395 e. The van der Waals surface area contributed by atoms with Crippen molar-refractivity contribution in [3.8, 4) is 0 Å². The van der Waals surface area contributed by atoms with Crippen molar-refractivity contribution in [3.63, 3.8) is 0 Å². The first kappa shape index (κ1) is 23.7. The van der Waals surface area contributed by atoms with Crippen LogP contribution in [0.2, 0.25) is 0 Å². The molecule has 2 aromatic carbocycles. The molecule has 0 spiro atoms. The third kappa shape index (κ3) is 8.05. The number of likely N-dealkylation sites (N-methyl/N-ethyl adjacent to an activating group) is 1. The molecule has 0 atom stereocenters. The van der Waals surface area contributed by atoms with E-state index in [1.165, 1.54) is 38.2 Å². The van der Waals surface area contributed by atoms with Crippen LogP contribution in [0.25, 0.3) is 0 Å². The van der Waals surface area contributed by atoms with Gasteiger partial charge < -0.3 is 25.5 Å². The number of anilines is 3. The maximum absolute atomic E-state index is 10.2. The molecule has 1 aliphatic heterocycles. The van der Waals surface area contributed by atoms with Gasteiger partial charge in [0.05, 0.1) is 6.61 Å². The van der Waals surface area contributed by atoms with E-state index in [1.54, 1.807) is 0 Å². The molecule has 0 aliphatic carbocycles. The summed E-state index contributed by atoms with van der Waals surface area (Å²) in [6.45, 7) is 9.55. The van der Waals surface area contributed by atoms with Crippen molar-refractivity contribution >= 4 is 23.5 Å². The number of aliphatic hydroxyl groups is 1. The van der Waals surface area contributed by atoms with Gasteiger partial charge in [-0.2, -0.15) is 0 Å². The van der Waals surface area contributed by atoms with Crippen LogP contribution in [0.1, 0.15) is 26.7 Å². The minimum absolute atomic E-state index is 0.141. The number of amides is 1. The number of rotatable bonds is 9. The van der Waals surface area contributed by atoms with Crippen LogP contribution in [0.5, 0.6) is 0 Å². The van der Waals surface area contributed by atoms with Crippen molar-refractivity contribution in [1.29, 1.82) is 0 Å². The van der Waals surface area contributed by atoms with E-state index in [-0.39, 0.29) is 6.61 Å². The third-order valence-electron chi connectivity index (χ3n) is 5.39. The summed E-state index contributed by atoms with van der Waals surface area (Å²) in [7, 11) is 0. The monoisotopic (exact) mass is 412 g/mol. The van der Waals surface area contributed by atoms with Crippen LogP contribution in [0, 0.1) is 0 Å². The summed E-state index contributed by atoms with van der Waals surface area (Å²) in [4.78, 5) is 14.8. The second-order valence-electron chi connectivity index (χ2n) is 7.33. The summed E-state index contributed by atoms with van der Waals surface area (Å²) < 4.78 is 0. The third-order valence-corrected chi connectivity index (χ3v) is 5.39. The lowest BCUT2D eigenvalue weighted by molar-refractivity contribution is -0.105. The summed E-state index contributed by atoms with van der Waals surface area (Å²) in [5, 5.41) is 15.0. The van der Waals surface area contributed by atoms with Gasteiger partial charge in [0, 0.05) is 49.3 Å². The highest BCUT2D eigenvalue weighted by Gasteiger charge is 2.17. The zero-order valence-corrected chi connectivity index (χ0v) is 18.3. The van der Waals surface area contributed by atoms with Gasteiger partial charge in [0.2, 0.25) is 6.41 Å². The van der Waals surface area contributed by atoms with Crippen molar-refractivity contribution < 1.29 is 9.90 Å². The standard InChI is InChI=1S/C13H20N2.C11H16N2O2/c1-2-15-10-8-13(9-11-15)14-12-6-4-3-5-7-12;1-2-13(7-8-14)11-5-3-10(4-6-11)12-9-15/h3-7,13-14H,2,8-11H2,1H3;3-6,9,14H,2,7-8H2,1H3,(H,12,15). The van der Waals surface area contributed by atoms with E-state index < -0.39 is 0 Å². The number of nitrogens with zero attached hydrogens (tertiary/aromatic N) is 2. The van der Waals surface area contributed by atoms with Gasteiger partial charge in [0.25, 0.3) is 0 Å². The second-order valence-corrected chi connectivity index (χ2v) is 7.33. The molecule has 0 aromatic heterocycles. The first-order valence-electron chi connectivity index (χ1n) is 10.9. The minimum atomic E-state index is 0.141. The molecular formula is C24H36N4O2. The molecule has 2 aromatic rings. The molecule has 164 valence electrons. The van der Waals surface area contributed by atoms with E-state index in [4.69, 9.17) is 5.11 Å². The zero-order chi connectivity index (χ0) is 21.6. The Morgan fingerprint density at radius 3 is 2.23 bits per heavy atom. The van der Waals surface area contributed by atoms with Crippen LogP contribution < -0.4 is 15.5 Å². The van der Waals surface area contributed by atoms with Gasteiger partial charge in [-0.1, -0.05) is 25.1 Å². The van der Waals surface area contributed by atoms with Crippen LogP contribution in [-0.2, 0) is 4.79 Å². The van der Waals surface area contributed by atoms with Gasteiger partial charge in [-0.3, -0.25) is 4.79 Å². The smallest absolute Gasteiger partial charge is 0.211 e. The molecule has 3 N–H and O–H groups in total. The Hall–Kier alpha value is -2.57. The molecule has 6 heteroatoms. The Kier molecular flexibility index (Phi) is 10.8. The minimum Gasteiger partial charge on any atom is -0.395 e. The Balaban J connectivity index is 0.000000214. The maximum atomic E-state index is 10.2. The molecule has 0 unspecified atom stereocenters. The fraction of sp³-hybridized carbons (Fsp3) is 0.458. The summed E-state index contributed by atoms with van der Waals surface area (Å²) in [5.74, 6) is 0. The van der Waals surface area contributed by atoms with Crippen molar-refractivity contribution in [3.05, 3.63) is 54.6 Å². The number of hydrogen-bond donors (Lipinski definition) is 3. The summed E-state index contributed by atoms with van der Waals surface area (Å²) in [5.41, 5.74) is 3.07. The molecule has 3 rings (SSSR count). The normalized spacial score (nSPS) is 14.4. The van der Waals surface area contributed by atoms with Crippen molar-refractivity contribution in [1.82, 2.24) is 4.90 Å². The zero-order valence-electron chi connectivity index (χ0n) is 18.3. The number of benzene rings is 2. The van der Waals surface area contributed by atoms with Gasteiger partial charge in [-0.15, -0.1) is 0 Å². The number of carbonyl (C=O) groups excluding carboxylic acids is 1. The maximum Gasteiger partial charge on any atom is 0.211 e. The van der Waals surface area contributed by atoms with Gasteiger partial charge in [0.15, 0.2) is 0 Å². The average molecular weight is 413 g/mol. The van der Waals surface area contributed by atoms with Crippen molar-refractivity contribution in [2.75, 3.05) is 54.9 Å². The molecule has 1 saturated heterocycles. The quantitative estimate of drug-likeness (QED) is 0.549. The van der Waals surface area contributed by atoms with Crippen LogP contribution >= 0.6 is 0 Å². The number of piperidine rings is 1. The number of aliphatic hydroxyl groups excluding tert-OH is 1. The highest BCUT2D eigenvalue weighted by molar-refractivity contribution is 5.72. The van der Waals surface area contributed by atoms with Gasteiger partial charge >= 0.3 is 0 Å². The fourth-order valence-corrected chi connectivity index (χ4v) is 3.59. The molecular weight excluding hydrogens is 376 g/mol. The van der Waals surface area contributed by atoms with Gasteiger partial charge in [0.1, 0.15) is 0 Å². The SMILES string of the molecule is CCN(CCO)c1ccc(NC=O)cc1.CCN1CCC(Nc2ccccc2)CC1. The highest BCUT2D eigenvalue weighted by Crippen LogP contribution is 2.17. The van der Waals surface area contributed by atoms with Crippen LogP contribution in [0.15, 0.2) is 54.6 Å². The first-order chi connectivity index (χ1) is 14.7. The molecule has 6 nitrogen and oxygen atoms in total. The lowest BCUT2D eigenvalue weighted by atomic mass is 10.0. The summed E-state index contributed by atoms with van der Waals surface area (Å²) in [6.07, 6.45) is 3.19. The van der Waals surface area contributed by atoms with E-state index in [9.17, 15) is 4.79 Å². The molecule has 0 saturated carbocycles. The van der Waals surface area contributed by atoms with Gasteiger partial charge in [-0.05, 0) is 62.7 Å². The number of para-hydroxylation sites is 1. The lowest BCUT2D eigenvalue weighted by Gasteiger charge is -2.32. The summed E-state index contributed by atoms with van der Waals surface area (Å²) in [6, 6.07) is 18.7. The molecule has 30 heavy (non-hydrogen) atoms. The Labute approximate surface area is 180 Å². The van der Waals surface area contributed by atoms with Crippen molar-refractivity contribution in [2.45, 2.75) is 32.7 Å². The van der Waals surface area contributed by atoms with Crippen LogP contribution in [0.3, 0.4) is 0 Å². The molecule has 0 radical (unpaired) electrons. The molecule has 0 bridgehead atoms. The van der Waals surface area contributed by atoms with Crippen LogP contribution in [0.4, 0.5) is 17.1 Å². The lowest BCUT2D eigenvalue weighted by Crippen LogP contribution is -2.38. The predicted molar refractivity (Wildman–Crippen MR) is 126 cm³/mol. The number of nitrogens with one attached hydrogen (secondary N) is 2. The topological polar surface area (TPSA) is 67.8 Å². The average Bonchev–Trinajstić information content (AvgIpc) is 2.80. The number of likely N-dealkylation sites (tertiary alicyclic amines) is 1. The van der Waals surface area contributed by atoms with E-state index in [0.29, 0.717) is 19.0 Å². The molecule has 1 fully saturated rings. The van der Waals surface area contributed by atoms with Crippen LogP contribution in [-0.4, -0.2) is 61.8 Å². The first-order valence-corrected chi connectivity index (χ1v) is 10.9. The molecule has 1 heterocycles. The van der Waals surface area contributed by atoms with E-state index in [0.717, 1.165) is 17.9 Å². The van der Waals surface area contributed by atoms with E-state index >= 15 is 0 Å². The number of carbonyl (C=O) groups is 1. The molecule has 1 amide bonds. The highest BCUT2D eigenvalue weighted by atomic mass is 16.3. The van der Waals surface area contributed by atoms with Crippen molar-refractivity contribution in [2.24, 2.45) is 0 Å². The Morgan fingerprint density at radius 2 is 1.70 bits per heavy atom. The van der Waals surface area contributed by atoms with E-state index in [1.807, 2.05) is 31.2 Å².